The van der Waals surface area contributed by atoms with Crippen molar-refractivity contribution in [3.63, 3.8) is 0 Å². The first kappa shape index (κ1) is 33.5. The molecule has 0 saturated heterocycles. The number of aromatic nitrogens is 3. The maximum absolute atomic E-state index is 6.53. The van der Waals surface area contributed by atoms with E-state index in [1.807, 2.05) is 42.5 Å². The van der Waals surface area contributed by atoms with E-state index in [1.165, 1.54) is 49.6 Å². The Bertz CT molecular complexity index is 2830. The van der Waals surface area contributed by atoms with Gasteiger partial charge in [0.1, 0.15) is 50.4 Å². The lowest BCUT2D eigenvalue weighted by molar-refractivity contribution is 0.669. The Morgan fingerprint density at radius 3 is 1.44 bits per heavy atom. The first-order valence-electron chi connectivity index (χ1n) is 18.4. The molecule has 9 rings (SSSR count). The fourth-order valence-corrected chi connectivity index (χ4v) is 7.75. The first-order valence-corrected chi connectivity index (χ1v) is 18.4. The van der Waals surface area contributed by atoms with Crippen molar-refractivity contribution in [3.05, 3.63) is 146 Å². The molecule has 0 bridgehead atoms. The third kappa shape index (κ3) is 5.86. The van der Waals surface area contributed by atoms with Gasteiger partial charge in [-0.3, -0.25) is 0 Å². The number of hydrogen-bond donors (Lipinski definition) is 0. The number of nitrogens with zero attached hydrogens (tertiary/aromatic N) is 3. The number of rotatable bonds is 6. The molecule has 9 aromatic rings. The van der Waals surface area contributed by atoms with Crippen molar-refractivity contribution >= 4 is 88.5 Å². The smallest absolute Gasteiger partial charge is 0.164 e. The Labute approximate surface area is 319 Å². The minimum atomic E-state index is 0.596. The molecule has 0 saturated carbocycles. The quantitative estimate of drug-likeness (QED) is 0.253. The van der Waals surface area contributed by atoms with Gasteiger partial charge >= 0.3 is 0 Å². The SMILES string of the molecule is Bc1c(B)c(B)c(-c2ccc(-c3nc(-c4ccccc4)nc(-c4ccc5c(c4)oc4cccc(-c6ccc(-c7ccccc7)cc6)c45)n3)cc2)c(B)c1B. The van der Waals surface area contributed by atoms with E-state index in [-0.39, 0.29) is 0 Å². The molecule has 0 N–H and O–H groups in total. The summed E-state index contributed by atoms with van der Waals surface area (Å²) in [6, 6.07) is 50.5. The van der Waals surface area contributed by atoms with E-state index in [1.54, 1.807) is 0 Å². The van der Waals surface area contributed by atoms with Crippen molar-refractivity contribution < 1.29 is 4.42 Å². The van der Waals surface area contributed by atoms with Crippen LogP contribution in [0.15, 0.2) is 150 Å². The van der Waals surface area contributed by atoms with Crippen molar-refractivity contribution in [1.82, 2.24) is 15.0 Å². The lowest BCUT2D eigenvalue weighted by atomic mass is 9.59. The largest absolute Gasteiger partial charge is 0.456 e. The third-order valence-electron chi connectivity index (χ3n) is 11.2. The van der Waals surface area contributed by atoms with Crippen LogP contribution in [0.3, 0.4) is 0 Å². The second-order valence-corrected chi connectivity index (χ2v) is 14.2. The van der Waals surface area contributed by atoms with Crippen molar-refractivity contribution in [2.45, 2.75) is 0 Å². The highest BCUT2D eigenvalue weighted by Gasteiger charge is 2.18. The standard InChI is InChI=1S/C45H34B5N3O/c46-38-36(39(47)41(49)42(50)40(38)48)28-18-20-30(21-19-28)44-51-43(29-10-5-2-6-11-29)52-45(53-44)31-22-23-33-35(24-31)54-34-13-7-12-32(37(33)34)27-16-14-26(15-17-27)25-8-3-1-4-9-25/h1-24H,46-50H2. The van der Waals surface area contributed by atoms with Gasteiger partial charge in [-0.15, -0.1) is 16.4 Å². The summed E-state index contributed by atoms with van der Waals surface area (Å²) in [6.07, 6.45) is 0. The summed E-state index contributed by atoms with van der Waals surface area (Å²) in [6.45, 7) is 0. The molecule has 54 heavy (non-hydrogen) atoms. The van der Waals surface area contributed by atoms with E-state index in [9.17, 15) is 0 Å². The number of benzene rings is 7. The lowest BCUT2D eigenvalue weighted by Crippen LogP contribution is -2.55. The maximum Gasteiger partial charge on any atom is 0.164 e. The summed E-state index contributed by atoms with van der Waals surface area (Å²) < 4.78 is 6.53. The minimum Gasteiger partial charge on any atom is -0.456 e. The Hall–Kier alpha value is -6.33. The average molecular weight is 687 g/mol. The van der Waals surface area contributed by atoms with Gasteiger partial charge in [-0.05, 0) is 51.6 Å². The van der Waals surface area contributed by atoms with Crippen LogP contribution >= 0.6 is 0 Å². The highest BCUT2D eigenvalue weighted by molar-refractivity contribution is 6.68. The summed E-state index contributed by atoms with van der Waals surface area (Å²) in [7, 11) is 11.1. The number of furan rings is 1. The van der Waals surface area contributed by atoms with Crippen LogP contribution in [-0.2, 0) is 0 Å². The molecule has 2 aromatic heterocycles. The molecule has 0 fully saturated rings. The molecule has 0 aliphatic rings. The van der Waals surface area contributed by atoms with E-state index in [4.69, 9.17) is 19.4 Å². The van der Waals surface area contributed by atoms with Gasteiger partial charge in [0.05, 0.1) is 0 Å². The predicted octanol–water partition coefficient (Wildman–Crippen LogP) is 3.07. The second kappa shape index (κ2) is 13.6. The van der Waals surface area contributed by atoms with Crippen molar-refractivity contribution in [2.75, 3.05) is 0 Å². The molecule has 0 spiro atoms. The zero-order valence-electron chi connectivity index (χ0n) is 31.1. The van der Waals surface area contributed by atoms with Crippen LogP contribution < -0.4 is 27.3 Å². The van der Waals surface area contributed by atoms with Crippen LogP contribution in [-0.4, -0.2) is 54.2 Å². The minimum absolute atomic E-state index is 0.596. The predicted molar refractivity (Wildman–Crippen MR) is 241 cm³/mol. The molecule has 0 aliphatic heterocycles. The summed E-state index contributed by atoms with van der Waals surface area (Å²) in [5.41, 5.74) is 18.3. The van der Waals surface area contributed by atoms with Gasteiger partial charge in [-0.1, -0.05) is 138 Å². The molecule has 0 amide bonds. The summed E-state index contributed by atoms with van der Waals surface area (Å²) >= 11 is 0. The van der Waals surface area contributed by atoms with E-state index in [0.29, 0.717) is 17.5 Å². The van der Waals surface area contributed by atoms with Crippen LogP contribution in [0.2, 0.25) is 0 Å². The molecule has 0 atom stereocenters. The Morgan fingerprint density at radius 1 is 0.352 bits per heavy atom. The van der Waals surface area contributed by atoms with Crippen molar-refractivity contribution in [1.29, 1.82) is 0 Å². The molecule has 0 radical (unpaired) electrons. The van der Waals surface area contributed by atoms with E-state index < -0.39 is 0 Å². The molecule has 2 heterocycles. The van der Waals surface area contributed by atoms with Crippen LogP contribution in [0.1, 0.15) is 0 Å². The summed E-state index contributed by atoms with van der Waals surface area (Å²) in [4.78, 5) is 15.1. The maximum atomic E-state index is 6.53. The van der Waals surface area contributed by atoms with E-state index >= 15 is 0 Å². The van der Waals surface area contributed by atoms with Crippen molar-refractivity contribution in [2.24, 2.45) is 0 Å². The van der Waals surface area contributed by atoms with Gasteiger partial charge in [-0.2, -0.15) is 0 Å². The molecule has 0 aliphatic carbocycles. The Balaban J connectivity index is 1.12. The lowest BCUT2D eigenvalue weighted by Gasteiger charge is -2.20. The van der Waals surface area contributed by atoms with Crippen LogP contribution in [0.25, 0.3) is 89.5 Å². The van der Waals surface area contributed by atoms with Gasteiger partial charge in [0.25, 0.3) is 0 Å². The van der Waals surface area contributed by atoms with Crippen LogP contribution in [0.4, 0.5) is 0 Å². The zero-order valence-corrected chi connectivity index (χ0v) is 31.1. The molecule has 250 valence electrons. The Morgan fingerprint density at radius 2 is 0.815 bits per heavy atom. The second-order valence-electron chi connectivity index (χ2n) is 14.2. The topological polar surface area (TPSA) is 51.8 Å². The van der Waals surface area contributed by atoms with Crippen LogP contribution in [0.5, 0.6) is 0 Å². The first-order chi connectivity index (χ1) is 26.3. The molecule has 7 aromatic carbocycles. The molecule has 4 nitrogen and oxygen atoms in total. The monoisotopic (exact) mass is 687 g/mol. The van der Waals surface area contributed by atoms with E-state index in [0.717, 1.165) is 49.8 Å². The highest BCUT2D eigenvalue weighted by Crippen LogP contribution is 2.39. The van der Waals surface area contributed by atoms with Crippen LogP contribution in [0, 0.1) is 0 Å². The molecular weight excluding hydrogens is 653 g/mol. The summed E-state index contributed by atoms with van der Waals surface area (Å²) in [5, 5.41) is 2.15. The van der Waals surface area contributed by atoms with E-state index in [2.05, 4.69) is 142 Å². The van der Waals surface area contributed by atoms with Gasteiger partial charge in [0.15, 0.2) is 17.5 Å². The fraction of sp³-hybridized carbons (Fsp3) is 0. The van der Waals surface area contributed by atoms with Gasteiger partial charge in [-0.25, -0.2) is 15.0 Å². The zero-order chi connectivity index (χ0) is 36.9. The van der Waals surface area contributed by atoms with Gasteiger partial charge in [0.2, 0.25) is 0 Å². The fourth-order valence-electron chi connectivity index (χ4n) is 7.75. The number of fused-ring (bicyclic) bond motifs is 3. The third-order valence-corrected chi connectivity index (χ3v) is 11.2. The molecule has 0 unspecified atom stereocenters. The molecular formula is C45H34B5N3O. The van der Waals surface area contributed by atoms with Crippen molar-refractivity contribution in [3.8, 4) is 67.5 Å². The Kier molecular flexibility index (Phi) is 8.43. The highest BCUT2D eigenvalue weighted by atomic mass is 16.3. The summed E-state index contributed by atoms with van der Waals surface area (Å²) in [5.74, 6) is 1.85. The van der Waals surface area contributed by atoms with Gasteiger partial charge < -0.3 is 4.42 Å². The average Bonchev–Trinajstić information content (AvgIpc) is 3.61. The normalized spacial score (nSPS) is 11.3. The van der Waals surface area contributed by atoms with Gasteiger partial charge in [0, 0.05) is 27.5 Å². The molecule has 9 heteroatoms. The number of hydrogen-bond acceptors (Lipinski definition) is 4.